The van der Waals surface area contributed by atoms with E-state index >= 15 is 0 Å². The van der Waals surface area contributed by atoms with Crippen LogP contribution in [0.4, 0.5) is 0 Å². The number of halogens is 1. The van der Waals surface area contributed by atoms with Gasteiger partial charge in [-0.15, -0.1) is 0 Å². The third kappa shape index (κ3) is 1.95. The number of H-pyrrole nitrogens is 1. The number of aromatic amines is 1. The van der Waals surface area contributed by atoms with Crippen molar-refractivity contribution < 1.29 is 4.79 Å². The highest BCUT2D eigenvalue weighted by molar-refractivity contribution is 9.09. The van der Waals surface area contributed by atoms with Gasteiger partial charge in [-0.05, 0) is 6.92 Å². The van der Waals surface area contributed by atoms with Crippen molar-refractivity contribution in [3.63, 3.8) is 0 Å². The van der Waals surface area contributed by atoms with Gasteiger partial charge in [0.05, 0.1) is 5.33 Å². The number of alkyl halides is 1. The van der Waals surface area contributed by atoms with Crippen LogP contribution in [0.2, 0.25) is 0 Å². The van der Waals surface area contributed by atoms with Gasteiger partial charge in [-0.1, -0.05) is 15.9 Å². The van der Waals surface area contributed by atoms with Gasteiger partial charge in [0.1, 0.15) is 0 Å². The lowest BCUT2D eigenvalue weighted by Crippen LogP contribution is -2.40. The fraction of sp³-hybridized carbons (Fsp3) is 0.286. The van der Waals surface area contributed by atoms with Crippen LogP contribution in [0, 0.1) is 6.92 Å². The molecule has 0 aliphatic heterocycles. The third-order valence-corrected chi connectivity index (χ3v) is 1.91. The molecule has 1 N–H and O–H groups in total. The van der Waals surface area contributed by atoms with Crippen molar-refractivity contribution in [1.82, 2.24) is 9.55 Å². The lowest BCUT2D eigenvalue weighted by atomic mass is 10.4. The van der Waals surface area contributed by atoms with Crippen LogP contribution in [0.15, 0.2) is 15.7 Å². The Labute approximate surface area is 81.5 Å². The summed E-state index contributed by atoms with van der Waals surface area (Å²) < 4.78 is 0.557. The third-order valence-electron chi connectivity index (χ3n) is 1.43. The van der Waals surface area contributed by atoms with Crippen LogP contribution >= 0.6 is 15.9 Å². The number of nitrogens with zero attached hydrogens (tertiary/aromatic N) is 1. The van der Waals surface area contributed by atoms with Crippen molar-refractivity contribution in [2.45, 2.75) is 6.92 Å². The lowest BCUT2D eigenvalue weighted by Gasteiger charge is -1.99. The number of rotatable bonds is 1. The second-order valence-corrected chi connectivity index (χ2v) is 3.02. The fourth-order valence-corrected chi connectivity index (χ4v) is 1.16. The van der Waals surface area contributed by atoms with Gasteiger partial charge in [0, 0.05) is 11.8 Å². The van der Waals surface area contributed by atoms with Crippen molar-refractivity contribution in [3.8, 4) is 0 Å². The SMILES string of the molecule is Cc1cc(=O)n(C(=O)CBr)c(=O)[nH]1. The highest BCUT2D eigenvalue weighted by Crippen LogP contribution is 1.84. The molecule has 0 aromatic carbocycles. The maximum atomic E-state index is 11.2. The molecule has 0 fully saturated rings. The van der Waals surface area contributed by atoms with E-state index < -0.39 is 17.2 Å². The molecule has 6 heteroatoms. The molecule has 13 heavy (non-hydrogen) atoms. The van der Waals surface area contributed by atoms with Crippen LogP contribution in [-0.4, -0.2) is 20.8 Å². The number of hydrogen-bond donors (Lipinski definition) is 1. The second-order valence-electron chi connectivity index (χ2n) is 2.46. The summed E-state index contributed by atoms with van der Waals surface area (Å²) in [7, 11) is 0. The summed E-state index contributed by atoms with van der Waals surface area (Å²) >= 11 is 2.88. The quantitative estimate of drug-likeness (QED) is 0.703. The van der Waals surface area contributed by atoms with E-state index in [4.69, 9.17) is 0 Å². The van der Waals surface area contributed by atoms with E-state index in [1.165, 1.54) is 6.07 Å². The molecule has 0 amide bonds. The molecule has 0 aliphatic carbocycles. The second kappa shape index (κ2) is 3.69. The minimum Gasteiger partial charge on any atom is -0.311 e. The normalized spacial score (nSPS) is 10.0. The van der Waals surface area contributed by atoms with Gasteiger partial charge in [-0.25, -0.2) is 4.79 Å². The maximum absolute atomic E-state index is 11.2. The minimum atomic E-state index is -0.700. The highest BCUT2D eigenvalue weighted by Gasteiger charge is 2.09. The average molecular weight is 247 g/mol. The zero-order valence-electron chi connectivity index (χ0n) is 6.83. The van der Waals surface area contributed by atoms with Gasteiger partial charge in [0.15, 0.2) is 0 Å². The summed E-state index contributed by atoms with van der Waals surface area (Å²) in [5.41, 5.74) is -0.867. The topological polar surface area (TPSA) is 71.9 Å². The minimum absolute atomic E-state index is 0.0565. The summed E-state index contributed by atoms with van der Waals surface area (Å²) in [4.78, 5) is 35.7. The Hall–Kier alpha value is -1.17. The summed E-state index contributed by atoms with van der Waals surface area (Å²) in [5.74, 6) is -0.578. The molecular formula is C7H7BrN2O3. The first-order valence-corrected chi connectivity index (χ1v) is 4.60. The van der Waals surface area contributed by atoms with E-state index in [1.807, 2.05) is 0 Å². The smallest absolute Gasteiger partial charge is 0.311 e. The molecule has 70 valence electrons. The van der Waals surface area contributed by atoms with Crippen molar-refractivity contribution in [1.29, 1.82) is 0 Å². The molecule has 0 atom stereocenters. The van der Waals surface area contributed by atoms with Gasteiger partial charge in [-0.3, -0.25) is 9.59 Å². The summed E-state index contributed by atoms with van der Waals surface area (Å²) in [5, 5.41) is -0.0565. The molecule has 5 nitrogen and oxygen atoms in total. The van der Waals surface area contributed by atoms with Gasteiger partial charge in [0.25, 0.3) is 5.56 Å². The molecule has 0 spiro atoms. The van der Waals surface area contributed by atoms with E-state index in [0.29, 0.717) is 10.3 Å². The molecule has 0 radical (unpaired) electrons. The van der Waals surface area contributed by atoms with Crippen molar-refractivity contribution in [2.75, 3.05) is 5.33 Å². The Bertz CT molecular complexity index is 415. The number of hydrogen-bond acceptors (Lipinski definition) is 3. The Morgan fingerprint density at radius 3 is 2.69 bits per heavy atom. The molecule has 0 aliphatic rings. The Morgan fingerprint density at radius 2 is 2.23 bits per heavy atom. The zero-order chi connectivity index (χ0) is 10.0. The predicted octanol–water partition coefficient (Wildman–Crippen LogP) is -0.120. The summed E-state index contributed by atoms with van der Waals surface area (Å²) in [6.45, 7) is 1.58. The standard InChI is InChI=1S/C7H7BrN2O3/c1-4-2-5(11)10(6(12)3-8)7(13)9-4/h2H,3H2,1H3,(H,9,13). The molecule has 0 saturated heterocycles. The first-order valence-electron chi connectivity index (χ1n) is 3.48. The van der Waals surface area contributed by atoms with Gasteiger partial charge in [0.2, 0.25) is 5.91 Å². The fourth-order valence-electron chi connectivity index (χ4n) is 0.906. The van der Waals surface area contributed by atoms with Gasteiger partial charge < -0.3 is 4.98 Å². The molecule has 0 bridgehead atoms. The number of aromatic nitrogens is 2. The number of carbonyl (C=O) groups excluding carboxylic acids is 1. The van der Waals surface area contributed by atoms with Crippen LogP contribution in [0.5, 0.6) is 0 Å². The van der Waals surface area contributed by atoms with E-state index in [9.17, 15) is 14.4 Å². The van der Waals surface area contributed by atoms with Crippen LogP contribution in [0.1, 0.15) is 10.5 Å². The number of carbonyl (C=O) groups is 1. The Balaban J connectivity index is 3.47. The van der Waals surface area contributed by atoms with Crippen molar-refractivity contribution in [2.24, 2.45) is 0 Å². The predicted molar refractivity (Wildman–Crippen MR) is 50.5 cm³/mol. The molecule has 1 heterocycles. The first kappa shape index (κ1) is 9.91. The zero-order valence-corrected chi connectivity index (χ0v) is 8.42. The average Bonchev–Trinajstić information content (AvgIpc) is 2.02. The van der Waals surface area contributed by atoms with Crippen LogP contribution in [0.25, 0.3) is 0 Å². The number of aryl methyl sites for hydroxylation is 1. The molecular weight excluding hydrogens is 240 g/mol. The molecule has 1 aromatic heterocycles. The van der Waals surface area contributed by atoms with Crippen LogP contribution < -0.4 is 11.2 Å². The summed E-state index contributed by atoms with van der Waals surface area (Å²) in [6, 6.07) is 1.20. The van der Waals surface area contributed by atoms with E-state index in [1.54, 1.807) is 6.92 Å². The van der Waals surface area contributed by atoms with E-state index in [-0.39, 0.29) is 5.33 Å². The van der Waals surface area contributed by atoms with Gasteiger partial charge in [-0.2, -0.15) is 4.57 Å². The molecule has 1 rings (SSSR count). The maximum Gasteiger partial charge on any atom is 0.335 e. The molecule has 0 unspecified atom stereocenters. The Morgan fingerprint density at radius 1 is 1.62 bits per heavy atom. The van der Waals surface area contributed by atoms with Crippen molar-refractivity contribution >= 4 is 21.8 Å². The van der Waals surface area contributed by atoms with E-state index in [2.05, 4.69) is 20.9 Å². The van der Waals surface area contributed by atoms with Crippen molar-refractivity contribution in [3.05, 3.63) is 32.6 Å². The number of nitrogens with one attached hydrogen (secondary N) is 1. The summed E-state index contributed by atoms with van der Waals surface area (Å²) in [6.07, 6.45) is 0. The molecule has 1 aromatic rings. The molecule has 0 saturated carbocycles. The van der Waals surface area contributed by atoms with Crippen LogP contribution in [0.3, 0.4) is 0 Å². The van der Waals surface area contributed by atoms with Crippen LogP contribution in [-0.2, 0) is 0 Å². The Kier molecular flexibility index (Phi) is 2.82. The van der Waals surface area contributed by atoms with E-state index in [0.717, 1.165) is 0 Å². The van der Waals surface area contributed by atoms with Gasteiger partial charge >= 0.3 is 5.69 Å². The monoisotopic (exact) mass is 246 g/mol. The first-order chi connectivity index (χ1) is 6.06. The largest absolute Gasteiger partial charge is 0.335 e. The highest BCUT2D eigenvalue weighted by atomic mass is 79.9. The lowest BCUT2D eigenvalue weighted by molar-refractivity contribution is 0.0933.